The molecule has 0 radical (unpaired) electrons. The van der Waals surface area contributed by atoms with Crippen molar-refractivity contribution in [2.75, 3.05) is 19.0 Å². The van der Waals surface area contributed by atoms with E-state index in [4.69, 9.17) is 18.9 Å². The van der Waals surface area contributed by atoms with Gasteiger partial charge in [-0.05, 0) is 12.8 Å². The first-order chi connectivity index (χ1) is 25.0. The molecule has 1 fully saturated rings. The quantitative estimate of drug-likeness (QED) is 0.0369. The molecule has 1 aliphatic rings. The van der Waals surface area contributed by atoms with Gasteiger partial charge in [0.05, 0.1) is 22.5 Å². The average molecular weight is 789 g/mol. The van der Waals surface area contributed by atoms with Crippen LogP contribution in [-0.4, -0.2) is 96.0 Å². The van der Waals surface area contributed by atoms with E-state index in [1.807, 2.05) is 0 Å². The van der Waals surface area contributed by atoms with E-state index >= 15 is 0 Å². The number of ether oxygens (including phenoxy) is 4. The van der Waals surface area contributed by atoms with Crippen molar-refractivity contribution in [3.63, 3.8) is 0 Å². The van der Waals surface area contributed by atoms with Crippen molar-refractivity contribution in [3.05, 3.63) is 0 Å². The first-order valence-electron chi connectivity index (χ1n) is 20.6. The number of carbonyl (C=O) groups excluding carboxylic acids is 2. The predicted octanol–water partition coefficient (Wildman–Crippen LogP) is 4.00. The minimum absolute atomic E-state index is 0. The first-order valence-corrected chi connectivity index (χ1v) is 22.2. The van der Waals surface area contributed by atoms with Crippen molar-refractivity contribution in [2.45, 2.75) is 218 Å². The molecule has 0 aromatic carbocycles. The molecule has 3 N–H and O–H groups in total. The number of unbranched alkanes of at least 4 members (excludes halogenated alkanes) is 22. The van der Waals surface area contributed by atoms with E-state index in [2.05, 4.69) is 13.8 Å². The number of esters is 2. The summed E-state index contributed by atoms with van der Waals surface area (Å²) in [6.07, 6.45) is 18.4. The molecule has 0 aromatic rings. The fraction of sp³-hybridized carbons (Fsp3) is 0.949. The molecule has 14 heteroatoms. The summed E-state index contributed by atoms with van der Waals surface area (Å²) >= 11 is 0. The Kier molecular flexibility index (Phi) is 33.5. The Labute approximate surface area is 343 Å². The van der Waals surface area contributed by atoms with Gasteiger partial charge >= 0.3 is 41.5 Å². The standard InChI is InChI=1S/C39H74O12S.Na/c1-3-5-7-9-11-13-15-16-18-20-22-24-26-28-35(41)50-32(29-48-34(40)27-25-23-21-19-17-14-12-10-8-6-4-2)30-49-39-38(44)37(43)36(42)33(51-39)31-52(45,46)47;/h32-33,36-39,42-44H,3-31H2,1-2H3,(H,45,46,47);/q;+1/p-1/t32?,33?,36-,37?,38?,39+;/m1./s1. The van der Waals surface area contributed by atoms with E-state index in [1.165, 1.54) is 103 Å². The third-order valence-corrected chi connectivity index (χ3v) is 10.4. The fourth-order valence-electron chi connectivity index (χ4n) is 6.43. The van der Waals surface area contributed by atoms with E-state index in [0.717, 1.165) is 38.5 Å². The van der Waals surface area contributed by atoms with Crippen molar-refractivity contribution in [2.24, 2.45) is 0 Å². The fourth-order valence-corrected chi connectivity index (χ4v) is 7.11. The minimum Gasteiger partial charge on any atom is -0.748 e. The molecular formula is C39H73NaO12S. The Morgan fingerprint density at radius 3 is 1.42 bits per heavy atom. The summed E-state index contributed by atoms with van der Waals surface area (Å²) in [4.78, 5) is 25.2. The van der Waals surface area contributed by atoms with Crippen LogP contribution in [0.4, 0.5) is 0 Å². The maximum absolute atomic E-state index is 12.7. The summed E-state index contributed by atoms with van der Waals surface area (Å²) in [7, 11) is -4.84. The third-order valence-electron chi connectivity index (χ3n) is 9.68. The van der Waals surface area contributed by atoms with Crippen LogP contribution in [0.25, 0.3) is 0 Å². The van der Waals surface area contributed by atoms with Gasteiger partial charge in [-0.3, -0.25) is 9.59 Å². The maximum Gasteiger partial charge on any atom is 1.00 e. The molecule has 53 heavy (non-hydrogen) atoms. The van der Waals surface area contributed by atoms with Crippen molar-refractivity contribution < 1.29 is 86.4 Å². The van der Waals surface area contributed by atoms with Crippen LogP contribution in [0, 0.1) is 0 Å². The van der Waals surface area contributed by atoms with Crippen molar-refractivity contribution >= 4 is 22.1 Å². The van der Waals surface area contributed by atoms with Crippen LogP contribution in [-0.2, 0) is 38.7 Å². The molecule has 1 aliphatic heterocycles. The Bertz CT molecular complexity index is 1000. The molecule has 1 heterocycles. The number of hydrogen-bond acceptors (Lipinski definition) is 12. The summed E-state index contributed by atoms with van der Waals surface area (Å²) in [6, 6.07) is 0. The number of hydrogen-bond donors (Lipinski definition) is 3. The zero-order valence-electron chi connectivity index (χ0n) is 33.4. The Balaban J connectivity index is 0.0000270. The molecule has 308 valence electrons. The Morgan fingerprint density at radius 1 is 0.604 bits per heavy atom. The van der Waals surface area contributed by atoms with Gasteiger partial charge in [-0.2, -0.15) is 0 Å². The summed E-state index contributed by atoms with van der Waals surface area (Å²) in [5.74, 6) is -2.10. The van der Waals surface area contributed by atoms with Gasteiger partial charge in [-0.25, -0.2) is 8.42 Å². The molecule has 4 unspecified atom stereocenters. The van der Waals surface area contributed by atoms with E-state index in [1.54, 1.807) is 0 Å². The molecule has 1 saturated heterocycles. The van der Waals surface area contributed by atoms with E-state index in [0.29, 0.717) is 12.8 Å². The van der Waals surface area contributed by atoms with Gasteiger partial charge in [0.25, 0.3) is 0 Å². The second kappa shape index (κ2) is 33.8. The minimum atomic E-state index is -4.84. The van der Waals surface area contributed by atoms with Crippen LogP contribution in [0.1, 0.15) is 181 Å². The van der Waals surface area contributed by atoms with Gasteiger partial charge in [-0.15, -0.1) is 0 Å². The molecule has 0 aromatic heterocycles. The third kappa shape index (κ3) is 28.7. The number of aliphatic hydroxyl groups is 3. The van der Waals surface area contributed by atoms with Crippen molar-refractivity contribution in [1.29, 1.82) is 0 Å². The predicted molar refractivity (Wildman–Crippen MR) is 199 cm³/mol. The molecule has 0 spiro atoms. The molecule has 0 saturated carbocycles. The largest absolute Gasteiger partial charge is 1.00 e. The second-order valence-corrected chi connectivity index (χ2v) is 16.1. The Hall–Kier alpha value is -0.350. The second-order valence-electron chi connectivity index (χ2n) is 14.6. The van der Waals surface area contributed by atoms with Crippen LogP contribution in [0.2, 0.25) is 0 Å². The normalized spacial score (nSPS) is 20.8. The maximum atomic E-state index is 12.7. The molecular weight excluding hydrogens is 715 g/mol. The molecule has 12 nitrogen and oxygen atoms in total. The summed E-state index contributed by atoms with van der Waals surface area (Å²) in [6.45, 7) is 3.71. The molecule has 6 atom stereocenters. The van der Waals surface area contributed by atoms with Gasteiger partial charge in [0.1, 0.15) is 31.0 Å². The van der Waals surface area contributed by atoms with Gasteiger partial charge in [0.15, 0.2) is 12.4 Å². The smallest absolute Gasteiger partial charge is 0.748 e. The van der Waals surface area contributed by atoms with E-state index in [9.17, 15) is 37.9 Å². The topological polar surface area (TPSA) is 189 Å². The van der Waals surface area contributed by atoms with E-state index in [-0.39, 0.29) is 49.0 Å². The zero-order valence-corrected chi connectivity index (χ0v) is 36.2. The number of carbonyl (C=O) groups is 2. The Morgan fingerprint density at radius 2 is 1.00 bits per heavy atom. The molecule has 0 bridgehead atoms. The summed E-state index contributed by atoms with van der Waals surface area (Å²) < 4.78 is 55.6. The van der Waals surface area contributed by atoms with Crippen molar-refractivity contribution in [3.8, 4) is 0 Å². The van der Waals surface area contributed by atoms with Crippen LogP contribution in [0.15, 0.2) is 0 Å². The molecule has 0 amide bonds. The van der Waals surface area contributed by atoms with Crippen LogP contribution in [0.5, 0.6) is 0 Å². The van der Waals surface area contributed by atoms with Gasteiger partial charge in [-0.1, -0.05) is 155 Å². The number of aliphatic hydroxyl groups excluding tert-OH is 3. The summed E-state index contributed by atoms with van der Waals surface area (Å²) in [5, 5.41) is 30.7. The summed E-state index contributed by atoms with van der Waals surface area (Å²) in [5.41, 5.74) is 0. The molecule has 1 rings (SSSR count). The monoisotopic (exact) mass is 788 g/mol. The zero-order chi connectivity index (χ0) is 38.5. The average Bonchev–Trinajstić information content (AvgIpc) is 3.10. The van der Waals surface area contributed by atoms with Gasteiger partial charge < -0.3 is 38.8 Å². The van der Waals surface area contributed by atoms with E-state index < -0.39 is 71.2 Å². The van der Waals surface area contributed by atoms with Crippen LogP contribution >= 0.6 is 0 Å². The van der Waals surface area contributed by atoms with Crippen LogP contribution in [0.3, 0.4) is 0 Å². The molecule has 0 aliphatic carbocycles. The van der Waals surface area contributed by atoms with Gasteiger partial charge in [0, 0.05) is 12.8 Å². The first kappa shape index (κ1) is 52.6. The van der Waals surface area contributed by atoms with Crippen molar-refractivity contribution in [1.82, 2.24) is 0 Å². The van der Waals surface area contributed by atoms with Crippen LogP contribution < -0.4 is 29.6 Å². The SMILES string of the molecule is CCCCCCCCCCCCCCCC(=O)OC(COC(=O)CCCCCCCCCCCCC)CO[C@H]1OC(CS(=O)(=O)[O-])[C@@H](O)C(O)C1O.[Na+]. The number of rotatable bonds is 34. The van der Waals surface area contributed by atoms with Gasteiger partial charge in [0.2, 0.25) is 0 Å².